The minimum atomic E-state index is -4.69. The number of alkyl halides is 3. The zero-order chi connectivity index (χ0) is 13.4. The van der Waals surface area contributed by atoms with E-state index in [-0.39, 0.29) is 11.5 Å². The smallest absolute Gasteiger partial charge is 0.490 e. The predicted octanol–water partition coefficient (Wildman–Crippen LogP) is 4.54. The van der Waals surface area contributed by atoms with Gasteiger partial charge in [0, 0.05) is 0 Å². The largest absolute Gasteiger partial charge is 0.573 e. The fourth-order valence-corrected chi connectivity index (χ4v) is 1.49. The molecule has 2 nitrogen and oxygen atoms in total. The minimum Gasteiger partial charge on any atom is -0.490 e. The fraction of sp³-hybridized carbons (Fsp3) is 0.538. The van der Waals surface area contributed by atoms with Gasteiger partial charge in [-0.15, -0.1) is 13.2 Å². The molecule has 18 heavy (non-hydrogen) atoms. The molecule has 0 amide bonds. The van der Waals surface area contributed by atoms with E-state index < -0.39 is 6.36 Å². The zero-order valence-corrected chi connectivity index (χ0v) is 10.3. The lowest BCUT2D eigenvalue weighted by molar-refractivity contribution is -0.275. The van der Waals surface area contributed by atoms with Crippen LogP contribution in [0.2, 0.25) is 0 Å². The van der Waals surface area contributed by atoms with Crippen LogP contribution >= 0.6 is 0 Å². The molecule has 0 saturated heterocycles. The van der Waals surface area contributed by atoms with Gasteiger partial charge in [0.25, 0.3) is 0 Å². The third-order valence-corrected chi connectivity index (χ3v) is 2.33. The lowest BCUT2D eigenvalue weighted by Crippen LogP contribution is -2.17. The topological polar surface area (TPSA) is 18.5 Å². The van der Waals surface area contributed by atoms with Crippen molar-refractivity contribution in [2.45, 2.75) is 39.0 Å². The van der Waals surface area contributed by atoms with Gasteiger partial charge in [-0.3, -0.25) is 0 Å². The summed E-state index contributed by atoms with van der Waals surface area (Å²) >= 11 is 0. The molecule has 1 aromatic carbocycles. The Morgan fingerprint density at radius 3 is 2.28 bits per heavy atom. The summed E-state index contributed by atoms with van der Waals surface area (Å²) in [5.74, 6) is -0.160. The van der Waals surface area contributed by atoms with Crippen LogP contribution in [0.5, 0.6) is 11.5 Å². The maximum Gasteiger partial charge on any atom is 0.573 e. The van der Waals surface area contributed by atoms with Crippen LogP contribution in [0, 0.1) is 0 Å². The molecule has 0 aliphatic carbocycles. The molecule has 0 N–H and O–H groups in total. The van der Waals surface area contributed by atoms with Gasteiger partial charge in [0.15, 0.2) is 11.5 Å². The van der Waals surface area contributed by atoms with Crippen molar-refractivity contribution in [3.63, 3.8) is 0 Å². The van der Waals surface area contributed by atoms with Crippen LogP contribution in [0.25, 0.3) is 0 Å². The van der Waals surface area contributed by atoms with Gasteiger partial charge in [-0.25, -0.2) is 0 Å². The molecular weight excluding hydrogens is 245 g/mol. The van der Waals surface area contributed by atoms with Gasteiger partial charge in [-0.2, -0.15) is 0 Å². The number of hydrogen-bond acceptors (Lipinski definition) is 2. The first kappa shape index (κ1) is 14.7. The van der Waals surface area contributed by atoms with Crippen molar-refractivity contribution in [2.24, 2.45) is 0 Å². The van der Waals surface area contributed by atoms with Gasteiger partial charge in [0.2, 0.25) is 0 Å². The molecule has 0 unspecified atom stereocenters. The Morgan fingerprint density at radius 1 is 1.00 bits per heavy atom. The second-order valence-electron chi connectivity index (χ2n) is 3.90. The molecule has 5 heteroatoms. The fourth-order valence-electron chi connectivity index (χ4n) is 1.49. The monoisotopic (exact) mass is 262 g/mol. The maximum atomic E-state index is 12.1. The Kier molecular flexibility index (Phi) is 5.82. The normalized spacial score (nSPS) is 11.3. The van der Waals surface area contributed by atoms with Gasteiger partial charge in [-0.05, 0) is 18.6 Å². The molecule has 1 aromatic rings. The highest BCUT2D eigenvalue weighted by Gasteiger charge is 2.32. The summed E-state index contributed by atoms with van der Waals surface area (Å²) in [5.41, 5.74) is 0. The number of hydrogen-bond donors (Lipinski definition) is 0. The molecule has 102 valence electrons. The molecule has 0 heterocycles. The summed E-state index contributed by atoms with van der Waals surface area (Å²) in [5, 5.41) is 0. The standard InChI is InChI=1S/C13H17F3O2/c1-2-3-4-7-10-17-11-8-5-6-9-12(11)18-13(14,15)16/h5-6,8-9H,2-4,7,10H2,1H3. The van der Waals surface area contributed by atoms with Crippen LogP contribution in [-0.4, -0.2) is 13.0 Å². The number of halogens is 3. The number of unbranched alkanes of at least 4 members (excludes halogenated alkanes) is 3. The lowest BCUT2D eigenvalue weighted by atomic mass is 10.2. The summed E-state index contributed by atoms with van der Waals surface area (Å²) in [4.78, 5) is 0. The third kappa shape index (κ3) is 5.80. The van der Waals surface area contributed by atoms with E-state index in [1.54, 1.807) is 6.07 Å². The van der Waals surface area contributed by atoms with Gasteiger partial charge in [0.05, 0.1) is 6.61 Å². The second-order valence-corrected chi connectivity index (χ2v) is 3.90. The highest BCUT2D eigenvalue weighted by atomic mass is 19.4. The Balaban J connectivity index is 2.49. The first-order valence-electron chi connectivity index (χ1n) is 6.00. The molecule has 0 saturated carbocycles. The van der Waals surface area contributed by atoms with E-state index in [2.05, 4.69) is 11.7 Å². The third-order valence-electron chi connectivity index (χ3n) is 2.33. The Hall–Kier alpha value is -1.39. The molecular formula is C13H17F3O2. The summed E-state index contributed by atoms with van der Waals surface area (Å²) in [6, 6.07) is 5.81. The molecule has 0 spiro atoms. The van der Waals surface area contributed by atoms with E-state index in [9.17, 15) is 13.2 Å². The van der Waals surface area contributed by atoms with Crippen LogP contribution in [0.3, 0.4) is 0 Å². The number of benzene rings is 1. The average Bonchev–Trinajstić information content (AvgIpc) is 2.29. The van der Waals surface area contributed by atoms with Gasteiger partial charge < -0.3 is 9.47 Å². The van der Waals surface area contributed by atoms with Gasteiger partial charge >= 0.3 is 6.36 Å². The van der Waals surface area contributed by atoms with Crippen molar-refractivity contribution < 1.29 is 22.6 Å². The second kappa shape index (κ2) is 7.13. The van der Waals surface area contributed by atoms with Crippen LogP contribution in [-0.2, 0) is 0 Å². The van der Waals surface area contributed by atoms with Crippen molar-refractivity contribution in [1.82, 2.24) is 0 Å². The van der Waals surface area contributed by atoms with Crippen LogP contribution in [0.4, 0.5) is 13.2 Å². The highest BCUT2D eigenvalue weighted by Crippen LogP contribution is 2.31. The number of ether oxygens (including phenoxy) is 2. The van der Waals surface area contributed by atoms with Crippen LogP contribution < -0.4 is 9.47 Å². The van der Waals surface area contributed by atoms with Crippen molar-refractivity contribution in [3.05, 3.63) is 24.3 Å². The van der Waals surface area contributed by atoms with E-state index in [1.165, 1.54) is 18.2 Å². The van der Waals surface area contributed by atoms with Crippen molar-refractivity contribution in [2.75, 3.05) is 6.61 Å². The van der Waals surface area contributed by atoms with Crippen LogP contribution in [0.1, 0.15) is 32.6 Å². The average molecular weight is 262 g/mol. The number of para-hydroxylation sites is 2. The number of rotatable bonds is 7. The van der Waals surface area contributed by atoms with E-state index >= 15 is 0 Å². The maximum absolute atomic E-state index is 12.1. The van der Waals surface area contributed by atoms with E-state index in [0.717, 1.165) is 25.7 Å². The first-order chi connectivity index (χ1) is 8.53. The van der Waals surface area contributed by atoms with Crippen molar-refractivity contribution >= 4 is 0 Å². The van der Waals surface area contributed by atoms with Crippen LogP contribution in [0.15, 0.2) is 24.3 Å². The van der Waals surface area contributed by atoms with Gasteiger partial charge in [0.1, 0.15) is 0 Å². The Bertz CT molecular complexity index is 350. The van der Waals surface area contributed by atoms with E-state index in [0.29, 0.717) is 6.61 Å². The first-order valence-corrected chi connectivity index (χ1v) is 6.00. The molecule has 0 aromatic heterocycles. The summed E-state index contributed by atoms with van der Waals surface area (Å²) in [7, 11) is 0. The van der Waals surface area contributed by atoms with Crippen molar-refractivity contribution in [1.29, 1.82) is 0 Å². The highest BCUT2D eigenvalue weighted by molar-refractivity contribution is 5.39. The molecule has 0 aliphatic heterocycles. The molecule has 1 rings (SSSR count). The molecule has 0 aliphatic rings. The predicted molar refractivity (Wildman–Crippen MR) is 62.8 cm³/mol. The van der Waals surface area contributed by atoms with Crippen molar-refractivity contribution in [3.8, 4) is 11.5 Å². The SMILES string of the molecule is CCCCCCOc1ccccc1OC(F)(F)F. The Labute approximate surface area is 105 Å². The summed E-state index contributed by atoms with van der Waals surface area (Å²) in [6.07, 6.45) is -0.646. The van der Waals surface area contributed by atoms with E-state index in [1.807, 2.05) is 0 Å². The zero-order valence-electron chi connectivity index (χ0n) is 10.3. The Morgan fingerprint density at radius 2 is 1.67 bits per heavy atom. The molecule has 0 atom stereocenters. The van der Waals surface area contributed by atoms with E-state index in [4.69, 9.17) is 4.74 Å². The summed E-state index contributed by atoms with van der Waals surface area (Å²) < 4.78 is 45.6. The van der Waals surface area contributed by atoms with Gasteiger partial charge in [-0.1, -0.05) is 38.3 Å². The lowest BCUT2D eigenvalue weighted by Gasteiger charge is -2.13. The molecule has 0 bridgehead atoms. The summed E-state index contributed by atoms with van der Waals surface area (Å²) in [6.45, 7) is 2.49. The minimum absolute atomic E-state index is 0.131. The molecule has 0 radical (unpaired) electrons. The quantitative estimate of drug-likeness (QED) is 0.671. The molecule has 0 fully saturated rings.